The summed E-state index contributed by atoms with van der Waals surface area (Å²) in [5.74, 6) is -2.86. The van der Waals surface area contributed by atoms with E-state index in [1.54, 1.807) is 25.1 Å². The van der Waals surface area contributed by atoms with E-state index in [9.17, 15) is 24.0 Å². The molecule has 1 aromatic heterocycles. The van der Waals surface area contributed by atoms with Crippen LogP contribution >= 0.6 is 0 Å². The van der Waals surface area contributed by atoms with E-state index >= 15 is 0 Å². The summed E-state index contributed by atoms with van der Waals surface area (Å²) in [5, 5.41) is 21.7. The molecule has 4 rings (SSSR count). The third kappa shape index (κ3) is 8.49. The number of anilines is 1. The van der Waals surface area contributed by atoms with Gasteiger partial charge in [0.25, 0.3) is 5.91 Å². The SMILES string of the molecule is CCOC(=O)C[C@H](NC(=O)[C@@H](NC(=O)Cc1ccccc1)[C@@H](C)CC)C(=O)N1c2ccccc2C[C@H]1C(=O)NCc1nn[nH]n1. The van der Waals surface area contributed by atoms with E-state index in [0.717, 1.165) is 11.1 Å². The zero-order valence-corrected chi connectivity index (χ0v) is 25.5. The van der Waals surface area contributed by atoms with Crippen molar-refractivity contribution in [2.75, 3.05) is 11.5 Å². The van der Waals surface area contributed by atoms with E-state index in [4.69, 9.17) is 4.74 Å². The molecule has 14 nitrogen and oxygen atoms in total. The molecule has 1 aliphatic heterocycles. The molecule has 3 aromatic rings. The van der Waals surface area contributed by atoms with Crippen LogP contribution in [0, 0.1) is 5.92 Å². The first-order valence-electron chi connectivity index (χ1n) is 14.9. The number of amides is 4. The van der Waals surface area contributed by atoms with Crippen molar-refractivity contribution in [3.05, 3.63) is 71.5 Å². The predicted octanol–water partition coefficient (Wildman–Crippen LogP) is 0.985. The van der Waals surface area contributed by atoms with Gasteiger partial charge in [-0.3, -0.25) is 28.9 Å². The predicted molar refractivity (Wildman–Crippen MR) is 162 cm³/mol. The largest absolute Gasteiger partial charge is 0.466 e. The van der Waals surface area contributed by atoms with Crippen molar-refractivity contribution >= 4 is 35.3 Å². The molecule has 0 saturated carbocycles. The number of fused-ring (bicyclic) bond motifs is 1. The van der Waals surface area contributed by atoms with Gasteiger partial charge in [-0.2, -0.15) is 5.21 Å². The molecule has 14 heteroatoms. The Kier molecular flexibility index (Phi) is 11.3. The van der Waals surface area contributed by atoms with Gasteiger partial charge in [-0.1, -0.05) is 74.0 Å². The molecule has 0 fully saturated rings. The Hall–Kier alpha value is -5.14. The van der Waals surface area contributed by atoms with Gasteiger partial charge in [0.15, 0.2) is 5.82 Å². The van der Waals surface area contributed by atoms with Crippen molar-refractivity contribution in [1.82, 2.24) is 36.6 Å². The minimum Gasteiger partial charge on any atom is -0.466 e. The second-order valence-corrected chi connectivity index (χ2v) is 10.8. The van der Waals surface area contributed by atoms with Crippen LogP contribution in [0.15, 0.2) is 54.6 Å². The third-order valence-electron chi connectivity index (χ3n) is 7.64. The summed E-state index contributed by atoms with van der Waals surface area (Å²) in [6.07, 6.45) is 0.365. The van der Waals surface area contributed by atoms with Crippen LogP contribution in [-0.2, 0) is 48.1 Å². The smallest absolute Gasteiger partial charge is 0.308 e. The molecular weight excluding hydrogens is 580 g/mol. The highest BCUT2D eigenvalue weighted by Crippen LogP contribution is 2.33. The second-order valence-electron chi connectivity index (χ2n) is 10.8. The zero-order chi connectivity index (χ0) is 32.3. The summed E-state index contributed by atoms with van der Waals surface area (Å²) in [7, 11) is 0. The second kappa shape index (κ2) is 15.5. The molecule has 45 heavy (non-hydrogen) atoms. The van der Waals surface area contributed by atoms with Crippen molar-refractivity contribution < 1.29 is 28.7 Å². The monoisotopic (exact) mass is 618 g/mol. The van der Waals surface area contributed by atoms with E-state index < -0.39 is 48.2 Å². The molecule has 4 N–H and O–H groups in total. The van der Waals surface area contributed by atoms with Crippen LogP contribution in [-0.4, -0.2) is 75.0 Å². The minimum atomic E-state index is -1.38. The van der Waals surface area contributed by atoms with Crippen molar-refractivity contribution in [1.29, 1.82) is 0 Å². The first kappa shape index (κ1) is 32.8. The van der Waals surface area contributed by atoms with Crippen LogP contribution in [0.25, 0.3) is 0 Å². The number of aromatic amines is 1. The fourth-order valence-electron chi connectivity index (χ4n) is 5.13. The number of rotatable bonds is 14. The number of tetrazole rings is 1. The van der Waals surface area contributed by atoms with Gasteiger partial charge in [0.1, 0.15) is 18.1 Å². The maximum atomic E-state index is 14.3. The van der Waals surface area contributed by atoms with Crippen LogP contribution in [0.2, 0.25) is 0 Å². The number of hydrogen-bond donors (Lipinski definition) is 4. The van der Waals surface area contributed by atoms with Crippen molar-refractivity contribution in [3.8, 4) is 0 Å². The Morgan fingerprint density at radius 1 is 1.02 bits per heavy atom. The van der Waals surface area contributed by atoms with E-state index in [-0.39, 0.29) is 43.6 Å². The molecule has 4 amide bonds. The van der Waals surface area contributed by atoms with Gasteiger partial charge in [0, 0.05) is 12.1 Å². The normalized spacial score (nSPS) is 15.7. The van der Waals surface area contributed by atoms with Gasteiger partial charge in [-0.15, -0.1) is 10.2 Å². The Balaban J connectivity index is 1.57. The molecule has 1 aliphatic rings. The number of nitrogens with zero attached hydrogens (tertiary/aromatic N) is 4. The fourth-order valence-corrected chi connectivity index (χ4v) is 5.13. The maximum absolute atomic E-state index is 14.3. The van der Waals surface area contributed by atoms with E-state index in [1.807, 2.05) is 50.2 Å². The van der Waals surface area contributed by atoms with Crippen molar-refractivity contribution in [2.45, 2.75) is 71.1 Å². The van der Waals surface area contributed by atoms with Gasteiger partial charge in [0.05, 0.1) is 26.0 Å². The quantitative estimate of drug-likeness (QED) is 0.191. The summed E-state index contributed by atoms with van der Waals surface area (Å²) in [6.45, 7) is 5.39. The molecule has 238 valence electrons. The number of H-pyrrole nitrogens is 1. The number of carbonyl (C=O) groups is 5. The summed E-state index contributed by atoms with van der Waals surface area (Å²) in [4.78, 5) is 68.3. The molecule has 0 radical (unpaired) electrons. The summed E-state index contributed by atoms with van der Waals surface area (Å²) >= 11 is 0. The fraction of sp³-hybridized carbons (Fsp3) is 0.419. The molecule has 0 spiro atoms. The number of esters is 1. The Labute approximate surface area is 260 Å². The number of aromatic nitrogens is 4. The van der Waals surface area contributed by atoms with E-state index in [1.165, 1.54) is 4.90 Å². The van der Waals surface area contributed by atoms with E-state index in [2.05, 4.69) is 36.6 Å². The van der Waals surface area contributed by atoms with Crippen molar-refractivity contribution in [3.63, 3.8) is 0 Å². The summed E-state index contributed by atoms with van der Waals surface area (Å²) in [5.41, 5.74) is 2.02. The molecule has 0 saturated heterocycles. The highest BCUT2D eigenvalue weighted by molar-refractivity contribution is 6.08. The third-order valence-corrected chi connectivity index (χ3v) is 7.64. The lowest BCUT2D eigenvalue weighted by Gasteiger charge is -2.31. The number of hydrogen-bond acceptors (Lipinski definition) is 9. The minimum absolute atomic E-state index is 0.0214. The summed E-state index contributed by atoms with van der Waals surface area (Å²) in [6, 6.07) is 12.8. The molecule has 2 heterocycles. The Morgan fingerprint density at radius 2 is 1.76 bits per heavy atom. The molecule has 4 atom stereocenters. The number of nitrogens with one attached hydrogen (secondary N) is 4. The first-order chi connectivity index (χ1) is 21.7. The summed E-state index contributed by atoms with van der Waals surface area (Å²) < 4.78 is 5.12. The number of ether oxygens (including phenoxy) is 1. The highest BCUT2D eigenvalue weighted by Gasteiger charge is 2.42. The Morgan fingerprint density at radius 3 is 2.44 bits per heavy atom. The highest BCUT2D eigenvalue weighted by atomic mass is 16.5. The number of para-hydroxylation sites is 1. The lowest BCUT2D eigenvalue weighted by molar-refractivity contribution is -0.145. The first-order valence-corrected chi connectivity index (χ1v) is 14.9. The zero-order valence-electron chi connectivity index (χ0n) is 25.5. The molecule has 0 unspecified atom stereocenters. The lowest BCUT2D eigenvalue weighted by atomic mass is 9.97. The van der Waals surface area contributed by atoms with Crippen LogP contribution in [0.5, 0.6) is 0 Å². The average molecular weight is 619 g/mol. The van der Waals surface area contributed by atoms with Crippen LogP contribution in [0.1, 0.15) is 50.6 Å². The van der Waals surface area contributed by atoms with Gasteiger partial charge < -0.3 is 20.7 Å². The van der Waals surface area contributed by atoms with Gasteiger partial charge in [0.2, 0.25) is 17.7 Å². The average Bonchev–Trinajstić information content (AvgIpc) is 3.70. The Bertz CT molecular complexity index is 1480. The molecular formula is C31H38N8O6. The van der Waals surface area contributed by atoms with Crippen LogP contribution in [0.3, 0.4) is 0 Å². The maximum Gasteiger partial charge on any atom is 0.308 e. The topological polar surface area (TPSA) is 188 Å². The van der Waals surface area contributed by atoms with Crippen LogP contribution in [0.4, 0.5) is 5.69 Å². The molecule has 2 aromatic carbocycles. The van der Waals surface area contributed by atoms with Gasteiger partial charge in [-0.05, 0) is 30.0 Å². The number of benzene rings is 2. The van der Waals surface area contributed by atoms with Gasteiger partial charge >= 0.3 is 5.97 Å². The van der Waals surface area contributed by atoms with Gasteiger partial charge in [-0.25, -0.2) is 0 Å². The standard InChI is InChI=1S/C31H38N8O6/c1-4-19(3)28(34-26(40)15-20-11-7-6-8-12-20)30(43)33-22(17-27(41)45-5-2)31(44)39-23-14-10-9-13-21(23)16-24(39)29(42)32-18-25-35-37-38-36-25/h6-14,19,22,24,28H,4-5,15-18H2,1-3H3,(H,32,42)(H,33,43)(H,34,40)(H,35,36,37,38)/t19-,22-,24-,28-/m0/s1. The molecule has 0 bridgehead atoms. The number of carbonyl (C=O) groups excluding carboxylic acids is 5. The van der Waals surface area contributed by atoms with Crippen LogP contribution < -0.4 is 20.9 Å². The van der Waals surface area contributed by atoms with E-state index in [0.29, 0.717) is 12.1 Å². The lowest BCUT2D eigenvalue weighted by Crippen LogP contribution is -2.59. The van der Waals surface area contributed by atoms with Crippen molar-refractivity contribution in [2.24, 2.45) is 5.92 Å². The molecule has 0 aliphatic carbocycles.